The molecule has 0 aliphatic carbocycles. The highest BCUT2D eigenvalue weighted by molar-refractivity contribution is 5.91. The van der Waals surface area contributed by atoms with Gasteiger partial charge in [-0.1, -0.05) is 0 Å². The van der Waals surface area contributed by atoms with Gasteiger partial charge < -0.3 is 19.5 Å². The number of alkyl halides is 3. The van der Waals surface area contributed by atoms with Gasteiger partial charge in [0.2, 0.25) is 5.91 Å². The lowest BCUT2D eigenvalue weighted by atomic mass is 10.2. The Morgan fingerprint density at radius 3 is 2.68 bits per heavy atom. The van der Waals surface area contributed by atoms with Gasteiger partial charge in [-0.15, -0.1) is 0 Å². The first-order chi connectivity index (χ1) is 10.4. The summed E-state index contributed by atoms with van der Waals surface area (Å²) in [5.41, 5.74) is 0.491. The second kappa shape index (κ2) is 7.35. The average molecular weight is 319 g/mol. The number of anilines is 1. The van der Waals surface area contributed by atoms with Crippen LogP contribution in [-0.4, -0.2) is 38.5 Å². The van der Waals surface area contributed by atoms with Crippen molar-refractivity contribution in [2.45, 2.75) is 19.0 Å². The summed E-state index contributed by atoms with van der Waals surface area (Å²) in [6.45, 7) is -0.564. The van der Waals surface area contributed by atoms with Crippen LogP contribution in [-0.2, 0) is 9.53 Å². The van der Waals surface area contributed by atoms with Gasteiger partial charge in [0.05, 0.1) is 26.2 Å². The second-order valence-corrected chi connectivity index (χ2v) is 4.68. The highest BCUT2D eigenvalue weighted by Gasteiger charge is 2.27. The van der Waals surface area contributed by atoms with Crippen LogP contribution in [0, 0.1) is 0 Å². The Morgan fingerprint density at radius 2 is 1.95 bits per heavy atom. The van der Waals surface area contributed by atoms with E-state index in [0.717, 1.165) is 6.42 Å². The van der Waals surface area contributed by atoms with Gasteiger partial charge in [-0.25, -0.2) is 0 Å². The standard InChI is InChI=1S/C14H16F3NO4/c15-14(16,17)9-20-7-4-13(19)18-10-2-3-11-12(8-10)22-6-1-5-21-11/h2-3,8H,1,4-7,9H2,(H,18,19). The predicted molar refractivity (Wildman–Crippen MR) is 72.2 cm³/mol. The van der Waals surface area contributed by atoms with E-state index in [1.807, 2.05) is 0 Å². The van der Waals surface area contributed by atoms with Crippen LogP contribution in [0.1, 0.15) is 12.8 Å². The van der Waals surface area contributed by atoms with Gasteiger partial charge in [-0.05, 0) is 12.1 Å². The number of fused-ring (bicyclic) bond motifs is 1. The van der Waals surface area contributed by atoms with E-state index in [-0.39, 0.29) is 13.0 Å². The van der Waals surface area contributed by atoms with Crippen LogP contribution >= 0.6 is 0 Å². The molecule has 0 bridgehead atoms. The van der Waals surface area contributed by atoms with Crippen molar-refractivity contribution in [2.75, 3.05) is 31.7 Å². The summed E-state index contributed by atoms with van der Waals surface area (Å²) in [5, 5.41) is 2.57. The molecule has 8 heteroatoms. The fourth-order valence-electron chi connectivity index (χ4n) is 1.82. The highest BCUT2D eigenvalue weighted by Crippen LogP contribution is 2.32. The first-order valence-electron chi connectivity index (χ1n) is 6.78. The van der Waals surface area contributed by atoms with E-state index < -0.39 is 18.7 Å². The maximum Gasteiger partial charge on any atom is 0.411 e. The van der Waals surface area contributed by atoms with E-state index in [2.05, 4.69) is 10.1 Å². The molecule has 22 heavy (non-hydrogen) atoms. The first kappa shape index (κ1) is 16.4. The van der Waals surface area contributed by atoms with E-state index in [1.54, 1.807) is 18.2 Å². The fourth-order valence-corrected chi connectivity index (χ4v) is 1.82. The summed E-state index contributed by atoms with van der Waals surface area (Å²) < 4.78 is 50.9. The minimum absolute atomic E-state index is 0.162. The molecule has 1 N–H and O–H groups in total. The van der Waals surface area contributed by atoms with Gasteiger partial charge in [0, 0.05) is 18.2 Å². The molecule has 1 amide bonds. The Bertz CT molecular complexity index is 519. The van der Waals surface area contributed by atoms with E-state index in [4.69, 9.17) is 9.47 Å². The zero-order valence-electron chi connectivity index (χ0n) is 11.7. The number of amides is 1. The second-order valence-electron chi connectivity index (χ2n) is 4.68. The molecule has 0 saturated heterocycles. The van der Waals surface area contributed by atoms with Crippen LogP contribution < -0.4 is 14.8 Å². The van der Waals surface area contributed by atoms with Crippen LogP contribution in [0.2, 0.25) is 0 Å². The summed E-state index contributed by atoms with van der Waals surface area (Å²) in [6, 6.07) is 4.94. The third-order valence-electron chi connectivity index (χ3n) is 2.77. The molecular formula is C14H16F3NO4. The van der Waals surface area contributed by atoms with Crippen LogP contribution in [0.25, 0.3) is 0 Å². The summed E-state index contributed by atoms with van der Waals surface area (Å²) >= 11 is 0. The van der Waals surface area contributed by atoms with Crippen molar-refractivity contribution in [3.8, 4) is 11.5 Å². The van der Waals surface area contributed by atoms with Gasteiger partial charge in [0.1, 0.15) is 6.61 Å². The van der Waals surface area contributed by atoms with Gasteiger partial charge in [0.25, 0.3) is 0 Å². The molecule has 122 valence electrons. The van der Waals surface area contributed by atoms with Crippen molar-refractivity contribution in [1.82, 2.24) is 0 Å². The normalized spacial score (nSPS) is 14.3. The quantitative estimate of drug-likeness (QED) is 0.848. The Morgan fingerprint density at radius 1 is 1.23 bits per heavy atom. The Kier molecular flexibility index (Phi) is 5.48. The lowest BCUT2D eigenvalue weighted by Crippen LogP contribution is -2.20. The Hall–Kier alpha value is -1.96. The van der Waals surface area contributed by atoms with E-state index in [9.17, 15) is 18.0 Å². The molecule has 0 atom stereocenters. The van der Waals surface area contributed by atoms with Crippen molar-refractivity contribution >= 4 is 11.6 Å². The van der Waals surface area contributed by atoms with E-state index in [1.165, 1.54) is 0 Å². The zero-order chi connectivity index (χ0) is 16.0. The first-order valence-corrected chi connectivity index (χ1v) is 6.78. The number of benzene rings is 1. The molecule has 1 aromatic carbocycles. The smallest absolute Gasteiger partial charge is 0.411 e. The molecule has 1 heterocycles. The number of halogens is 3. The number of ether oxygens (including phenoxy) is 3. The third kappa shape index (κ3) is 5.44. The molecule has 0 saturated carbocycles. The highest BCUT2D eigenvalue weighted by atomic mass is 19.4. The number of hydrogen-bond acceptors (Lipinski definition) is 4. The predicted octanol–water partition coefficient (Wildman–Crippen LogP) is 2.76. The van der Waals surface area contributed by atoms with Crippen LogP contribution in [0.4, 0.5) is 18.9 Å². The summed E-state index contributed by atoms with van der Waals surface area (Å²) in [4.78, 5) is 11.6. The Balaban J connectivity index is 1.80. The fraction of sp³-hybridized carbons (Fsp3) is 0.500. The van der Waals surface area contributed by atoms with E-state index in [0.29, 0.717) is 30.4 Å². The average Bonchev–Trinajstić information content (AvgIpc) is 2.67. The summed E-state index contributed by atoms with van der Waals surface area (Å²) in [6.07, 6.45) is -3.78. The number of carbonyl (C=O) groups is 1. The summed E-state index contributed by atoms with van der Waals surface area (Å²) in [5.74, 6) is 0.698. The van der Waals surface area contributed by atoms with Crippen molar-refractivity contribution in [3.05, 3.63) is 18.2 Å². The van der Waals surface area contributed by atoms with Crippen LogP contribution in [0.15, 0.2) is 18.2 Å². The number of hydrogen-bond donors (Lipinski definition) is 1. The summed E-state index contributed by atoms with van der Waals surface area (Å²) in [7, 11) is 0. The molecule has 1 aliphatic heterocycles. The SMILES string of the molecule is O=C(CCOCC(F)(F)F)Nc1ccc2c(c1)OCCCO2. The van der Waals surface area contributed by atoms with E-state index >= 15 is 0 Å². The maximum absolute atomic E-state index is 11.9. The minimum atomic E-state index is -4.38. The Labute approximate surface area is 125 Å². The zero-order valence-corrected chi connectivity index (χ0v) is 11.7. The molecule has 5 nitrogen and oxygen atoms in total. The van der Waals surface area contributed by atoms with Gasteiger partial charge in [0.15, 0.2) is 11.5 Å². The van der Waals surface area contributed by atoms with Crippen molar-refractivity contribution < 1.29 is 32.2 Å². The third-order valence-corrected chi connectivity index (χ3v) is 2.77. The molecule has 0 unspecified atom stereocenters. The molecular weight excluding hydrogens is 303 g/mol. The van der Waals surface area contributed by atoms with Crippen molar-refractivity contribution in [3.63, 3.8) is 0 Å². The largest absolute Gasteiger partial charge is 0.490 e. The minimum Gasteiger partial charge on any atom is -0.490 e. The lowest BCUT2D eigenvalue weighted by Gasteiger charge is -2.11. The topological polar surface area (TPSA) is 56.8 Å². The van der Waals surface area contributed by atoms with Gasteiger partial charge in [-0.2, -0.15) is 13.2 Å². The van der Waals surface area contributed by atoms with Crippen molar-refractivity contribution in [2.24, 2.45) is 0 Å². The van der Waals surface area contributed by atoms with Gasteiger partial charge >= 0.3 is 6.18 Å². The molecule has 1 aliphatic rings. The van der Waals surface area contributed by atoms with Crippen molar-refractivity contribution in [1.29, 1.82) is 0 Å². The monoisotopic (exact) mass is 319 g/mol. The molecule has 0 radical (unpaired) electrons. The molecule has 0 spiro atoms. The molecule has 1 aromatic rings. The van der Waals surface area contributed by atoms with Gasteiger partial charge in [-0.3, -0.25) is 4.79 Å². The molecule has 0 aromatic heterocycles. The molecule has 0 fully saturated rings. The number of carbonyl (C=O) groups excluding carboxylic acids is 1. The van der Waals surface area contributed by atoms with Crippen LogP contribution in [0.5, 0.6) is 11.5 Å². The maximum atomic E-state index is 11.9. The number of rotatable bonds is 5. The number of nitrogens with one attached hydrogen (secondary N) is 1. The molecule has 2 rings (SSSR count). The van der Waals surface area contributed by atoms with Crippen LogP contribution in [0.3, 0.4) is 0 Å². The lowest BCUT2D eigenvalue weighted by molar-refractivity contribution is -0.174.